The molecule has 0 aliphatic carbocycles. The Morgan fingerprint density at radius 1 is 1.04 bits per heavy atom. The first-order chi connectivity index (χ1) is 12.6. The minimum absolute atomic E-state index is 0. The lowest BCUT2D eigenvalue weighted by Crippen LogP contribution is -2.36. The fourth-order valence-corrected chi connectivity index (χ4v) is 2.59. The molecule has 0 aliphatic rings. The number of hydrogen-bond donors (Lipinski definition) is 2. The molecule has 27 heavy (non-hydrogen) atoms. The molecule has 0 unspecified atom stereocenters. The Labute approximate surface area is 177 Å². The van der Waals surface area contributed by atoms with Gasteiger partial charge >= 0.3 is 0 Å². The number of guanidine groups is 1. The van der Waals surface area contributed by atoms with Gasteiger partial charge in [-0.1, -0.05) is 18.2 Å². The Morgan fingerprint density at radius 3 is 2.44 bits per heavy atom. The lowest BCUT2D eigenvalue weighted by atomic mass is 10.1. The molecule has 0 saturated heterocycles. The van der Waals surface area contributed by atoms with E-state index in [1.54, 1.807) is 33.4 Å². The number of ether oxygens (including phenoxy) is 2. The molecule has 0 radical (unpaired) electrons. The van der Waals surface area contributed by atoms with E-state index in [4.69, 9.17) is 9.47 Å². The summed E-state index contributed by atoms with van der Waals surface area (Å²) in [4.78, 5) is 4.22. The van der Waals surface area contributed by atoms with E-state index in [2.05, 4.69) is 15.6 Å². The maximum absolute atomic E-state index is 13.7. The van der Waals surface area contributed by atoms with Crippen LogP contribution in [0.3, 0.4) is 0 Å². The van der Waals surface area contributed by atoms with Crippen LogP contribution in [0.2, 0.25) is 0 Å². The van der Waals surface area contributed by atoms with Gasteiger partial charge in [-0.2, -0.15) is 0 Å². The van der Waals surface area contributed by atoms with Gasteiger partial charge in [-0.3, -0.25) is 4.99 Å². The van der Waals surface area contributed by atoms with Crippen LogP contribution in [-0.2, 0) is 24.4 Å². The standard InChI is InChI=1S/C20H26FN3O2.HI/c1-14-5-7-16(19(9-14)26-4)12-24-20(22-2)23-11-15-6-8-18(21)17(10-15)13-25-3;/h5-10H,11-13H2,1-4H3,(H2,22,23,24);1H. The molecule has 0 aliphatic heterocycles. The van der Waals surface area contributed by atoms with Crippen molar-refractivity contribution in [3.8, 4) is 5.75 Å². The van der Waals surface area contributed by atoms with Crippen molar-refractivity contribution in [2.24, 2.45) is 4.99 Å². The number of nitrogens with zero attached hydrogens (tertiary/aromatic N) is 1. The highest BCUT2D eigenvalue weighted by Crippen LogP contribution is 2.19. The van der Waals surface area contributed by atoms with Crippen LogP contribution in [0.5, 0.6) is 5.75 Å². The number of methoxy groups -OCH3 is 2. The number of nitrogens with one attached hydrogen (secondary N) is 2. The SMILES string of the molecule is CN=C(NCc1ccc(F)c(COC)c1)NCc1ccc(C)cc1OC.I. The summed E-state index contributed by atoms with van der Waals surface area (Å²) in [5.74, 6) is 1.24. The van der Waals surface area contributed by atoms with E-state index in [1.807, 2.05) is 25.1 Å². The van der Waals surface area contributed by atoms with Gasteiger partial charge in [0.05, 0.1) is 13.7 Å². The van der Waals surface area contributed by atoms with Gasteiger partial charge in [0.25, 0.3) is 0 Å². The summed E-state index contributed by atoms with van der Waals surface area (Å²) >= 11 is 0. The number of benzene rings is 2. The van der Waals surface area contributed by atoms with E-state index in [0.717, 1.165) is 22.4 Å². The molecule has 2 aromatic rings. The highest BCUT2D eigenvalue weighted by molar-refractivity contribution is 14.0. The first-order valence-electron chi connectivity index (χ1n) is 8.41. The van der Waals surface area contributed by atoms with E-state index < -0.39 is 0 Å². The number of rotatable bonds is 7. The van der Waals surface area contributed by atoms with E-state index >= 15 is 0 Å². The average Bonchev–Trinajstić information content (AvgIpc) is 2.65. The maximum Gasteiger partial charge on any atom is 0.191 e. The van der Waals surface area contributed by atoms with Gasteiger partial charge in [0.1, 0.15) is 11.6 Å². The molecule has 0 saturated carbocycles. The van der Waals surface area contributed by atoms with Gasteiger partial charge in [0.2, 0.25) is 0 Å². The largest absolute Gasteiger partial charge is 0.496 e. The summed E-state index contributed by atoms with van der Waals surface area (Å²) in [6, 6.07) is 11.1. The van der Waals surface area contributed by atoms with Crippen molar-refractivity contribution in [2.75, 3.05) is 21.3 Å². The highest BCUT2D eigenvalue weighted by atomic mass is 127. The number of hydrogen-bond acceptors (Lipinski definition) is 3. The van der Waals surface area contributed by atoms with Gasteiger partial charge in [0, 0.05) is 38.4 Å². The molecule has 0 heterocycles. The topological polar surface area (TPSA) is 54.9 Å². The van der Waals surface area contributed by atoms with E-state index in [1.165, 1.54) is 6.07 Å². The molecule has 2 rings (SSSR count). The first kappa shape index (κ1) is 23.2. The fourth-order valence-electron chi connectivity index (χ4n) is 2.59. The summed E-state index contributed by atoms with van der Waals surface area (Å²) < 4.78 is 24.1. The molecule has 7 heteroatoms. The molecule has 0 aromatic heterocycles. The van der Waals surface area contributed by atoms with Crippen LogP contribution in [0.15, 0.2) is 41.4 Å². The Kier molecular flexibility index (Phi) is 10.1. The maximum atomic E-state index is 13.7. The predicted octanol–water partition coefficient (Wildman–Crippen LogP) is 3.77. The molecular weight excluding hydrogens is 460 g/mol. The van der Waals surface area contributed by atoms with Gasteiger partial charge < -0.3 is 20.1 Å². The minimum Gasteiger partial charge on any atom is -0.496 e. The molecular formula is C20H27FIN3O2. The van der Waals surface area contributed by atoms with Crippen molar-refractivity contribution in [1.82, 2.24) is 10.6 Å². The molecule has 5 nitrogen and oxygen atoms in total. The second-order valence-electron chi connectivity index (χ2n) is 5.95. The quantitative estimate of drug-likeness (QED) is 0.355. The summed E-state index contributed by atoms with van der Waals surface area (Å²) in [6.07, 6.45) is 0. The molecule has 2 N–H and O–H groups in total. The van der Waals surface area contributed by atoms with Gasteiger partial charge in [-0.25, -0.2) is 4.39 Å². The normalized spacial score (nSPS) is 10.9. The Balaban J connectivity index is 0.00000364. The smallest absolute Gasteiger partial charge is 0.191 e. The fraction of sp³-hybridized carbons (Fsp3) is 0.350. The molecule has 0 atom stereocenters. The van der Waals surface area contributed by atoms with Gasteiger partial charge in [0.15, 0.2) is 5.96 Å². The van der Waals surface area contributed by atoms with Crippen LogP contribution < -0.4 is 15.4 Å². The third kappa shape index (κ3) is 6.99. The summed E-state index contributed by atoms with van der Waals surface area (Å²) in [5, 5.41) is 6.49. The van der Waals surface area contributed by atoms with Gasteiger partial charge in [-0.05, 0) is 36.2 Å². The number of aryl methyl sites for hydroxylation is 1. The molecule has 0 spiro atoms. The minimum atomic E-state index is -0.260. The van der Waals surface area contributed by atoms with E-state index in [0.29, 0.717) is 24.6 Å². The third-order valence-electron chi connectivity index (χ3n) is 3.98. The third-order valence-corrected chi connectivity index (χ3v) is 3.98. The molecule has 2 aromatic carbocycles. The second-order valence-corrected chi connectivity index (χ2v) is 5.95. The Bertz CT molecular complexity index is 769. The zero-order valence-electron chi connectivity index (χ0n) is 16.1. The Morgan fingerprint density at radius 2 is 1.78 bits per heavy atom. The van der Waals surface area contributed by atoms with E-state index in [9.17, 15) is 4.39 Å². The van der Waals surface area contributed by atoms with Crippen LogP contribution in [0.25, 0.3) is 0 Å². The summed E-state index contributed by atoms with van der Waals surface area (Å²) in [6.45, 7) is 3.39. The molecule has 0 amide bonds. The Hall–Kier alpha value is -1.87. The van der Waals surface area contributed by atoms with Crippen molar-refractivity contribution in [1.29, 1.82) is 0 Å². The van der Waals surface area contributed by atoms with Crippen LogP contribution in [0.4, 0.5) is 4.39 Å². The molecule has 148 valence electrons. The first-order valence-corrected chi connectivity index (χ1v) is 8.41. The summed E-state index contributed by atoms with van der Waals surface area (Å²) in [5.41, 5.74) is 3.69. The summed E-state index contributed by atoms with van der Waals surface area (Å²) in [7, 11) is 4.93. The van der Waals surface area contributed by atoms with Crippen molar-refractivity contribution >= 4 is 29.9 Å². The zero-order valence-corrected chi connectivity index (χ0v) is 18.5. The van der Waals surface area contributed by atoms with Gasteiger partial charge in [-0.15, -0.1) is 24.0 Å². The number of halogens is 2. The average molecular weight is 487 g/mol. The van der Waals surface area contributed by atoms with Crippen LogP contribution in [0.1, 0.15) is 22.3 Å². The van der Waals surface area contributed by atoms with E-state index in [-0.39, 0.29) is 36.4 Å². The van der Waals surface area contributed by atoms with Crippen LogP contribution in [-0.4, -0.2) is 27.2 Å². The second kappa shape index (κ2) is 11.8. The van der Waals surface area contributed by atoms with Crippen molar-refractivity contribution in [3.63, 3.8) is 0 Å². The van der Waals surface area contributed by atoms with Crippen molar-refractivity contribution in [3.05, 3.63) is 64.5 Å². The highest BCUT2D eigenvalue weighted by Gasteiger charge is 2.06. The van der Waals surface area contributed by atoms with Crippen molar-refractivity contribution < 1.29 is 13.9 Å². The molecule has 0 bridgehead atoms. The zero-order chi connectivity index (χ0) is 18.9. The van der Waals surface area contributed by atoms with Crippen LogP contribution >= 0.6 is 24.0 Å². The lowest BCUT2D eigenvalue weighted by Gasteiger charge is -2.14. The monoisotopic (exact) mass is 487 g/mol. The van der Waals surface area contributed by atoms with Crippen LogP contribution in [0, 0.1) is 12.7 Å². The predicted molar refractivity (Wildman–Crippen MR) is 117 cm³/mol. The number of aliphatic imine (C=N–C) groups is 1. The lowest BCUT2D eigenvalue weighted by molar-refractivity contribution is 0.181. The van der Waals surface area contributed by atoms with Crippen molar-refractivity contribution in [2.45, 2.75) is 26.6 Å². The molecule has 0 fully saturated rings.